The fourth-order valence-electron chi connectivity index (χ4n) is 2.56. The maximum Gasteiger partial charge on any atom is 0.342 e. The number of aromatic nitrogens is 6. The Bertz CT molecular complexity index is 1060. The molecule has 14 heteroatoms. The predicted octanol–water partition coefficient (Wildman–Crippen LogP) is 0.620. The van der Waals surface area contributed by atoms with Crippen LogP contribution < -0.4 is 5.49 Å². The summed E-state index contributed by atoms with van der Waals surface area (Å²) < 4.78 is 4.64. The molecule has 3 aromatic rings. The molecule has 0 bridgehead atoms. The highest BCUT2D eigenvalue weighted by Gasteiger charge is 2.24. The molecule has 3 heterocycles. The van der Waals surface area contributed by atoms with Gasteiger partial charge in [0.1, 0.15) is 11.7 Å². The maximum atomic E-state index is 11.0. The minimum Gasteiger partial charge on any atom is -0.358 e. The summed E-state index contributed by atoms with van der Waals surface area (Å²) in [5.74, 6) is 0.211. The predicted molar refractivity (Wildman–Crippen MR) is 90.3 cm³/mol. The van der Waals surface area contributed by atoms with E-state index in [2.05, 4.69) is 15.1 Å². The molecule has 2 N–H and O–H groups in total. The lowest BCUT2D eigenvalue weighted by Gasteiger charge is -2.04. The first kappa shape index (κ1) is 19.5. The molecule has 0 fully saturated rings. The normalized spacial score (nSPS) is 10.5. The Balaban J connectivity index is 0.000000596. The van der Waals surface area contributed by atoms with E-state index in [1.54, 1.807) is 29.7 Å². The van der Waals surface area contributed by atoms with Crippen LogP contribution in [-0.4, -0.2) is 44.1 Å². The molecule has 27 heavy (non-hydrogen) atoms. The van der Waals surface area contributed by atoms with Gasteiger partial charge in [-0.25, -0.2) is 19.2 Å². The second-order valence-corrected chi connectivity index (χ2v) is 5.45. The summed E-state index contributed by atoms with van der Waals surface area (Å²) in [6, 6.07) is 0. The summed E-state index contributed by atoms with van der Waals surface area (Å²) in [4.78, 5) is 27.3. The van der Waals surface area contributed by atoms with Crippen LogP contribution in [0.5, 0.6) is 0 Å². The second kappa shape index (κ2) is 7.59. The zero-order chi connectivity index (χ0) is 20.3. The van der Waals surface area contributed by atoms with Crippen LogP contribution in [0.15, 0.2) is 12.5 Å². The Morgan fingerprint density at radius 3 is 2.41 bits per heavy atom. The van der Waals surface area contributed by atoms with Gasteiger partial charge in [-0.15, -0.1) is 10.1 Å². The van der Waals surface area contributed by atoms with Gasteiger partial charge in [0.15, 0.2) is 11.3 Å². The summed E-state index contributed by atoms with van der Waals surface area (Å²) >= 11 is 0. The first-order valence-electron chi connectivity index (χ1n) is 7.65. The molecule has 0 amide bonds. The number of imidazole rings is 1. The van der Waals surface area contributed by atoms with Crippen molar-refractivity contribution in [2.75, 3.05) is 0 Å². The number of hydrogen-bond donors (Lipinski definition) is 2. The molecule has 0 saturated carbocycles. The van der Waals surface area contributed by atoms with Gasteiger partial charge < -0.3 is 19.9 Å². The zero-order valence-corrected chi connectivity index (χ0v) is 14.7. The van der Waals surface area contributed by atoms with Crippen molar-refractivity contribution in [1.82, 2.24) is 28.9 Å². The highest BCUT2D eigenvalue weighted by molar-refractivity contribution is 5.88. The Morgan fingerprint density at radius 2 is 1.89 bits per heavy atom. The molecular formula is C13H17N9O5. The van der Waals surface area contributed by atoms with Crippen molar-refractivity contribution in [3.8, 4) is 11.5 Å². The molecule has 3 aromatic heterocycles. The van der Waals surface area contributed by atoms with Crippen LogP contribution >= 0.6 is 0 Å². The number of aryl methyl sites for hydroxylation is 2. The molecule has 0 atom stereocenters. The topological polar surface area (TPSA) is 184 Å². The van der Waals surface area contributed by atoms with Crippen LogP contribution in [0.4, 0.5) is 5.82 Å². The number of nitrogens with one attached hydrogen (secondary N) is 1. The van der Waals surface area contributed by atoms with Crippen LogP contribution in [0.2, 0.25) is 0 Å². The van der Waals surface area contributed by atoms with E-state index in [1.807, 2.05) is 6.92 Å². The maximum absolute atomic E-state index is 11.0. The van der Waals surface area contributed by atoms with Crippen molar-refractivity contribution in [2.24, 2.45) is 14.1 Å². The third kappa shape index (κ3) is 3.73. The van der Waals surface area contributed by atoms with E-state index in [0.29, 0.717) is 29.1 Å². The molecule has 0 radical (unpaired) electrons. The van der Waals surface area contributed by atoms with E-state index in [0.717, 1.165) is 6.42 Å². The van der Waals surface area contributed by atoms with Gasteiger partial charge in [0, 0.05) is 13.6 Å². The lowest BCUT2D eigenvalue weighted by atomic mass is 10.2. The monoisotopic (exact) mass is 379 g/mol. The minimum absolute atomic E-state index is 0.129. The summed E-state index contributed by atoms with van der Waals surface area (Å²) in [7, 11) is 3.28. The Morgan fingerprint density at radius 1 is 1.26 bits per heavy atom. The molecule has 0 unspecified atom stereocenters. The van der Waals surface area contributed by atoms with Crippen molar-refractivity contribution >= 4 is 16.9 Å². The standard InChI is InChI=1S/C13H16N8O2.HNO3/c1-4-5-20-7-16-12-9(11(20)14)10(17-19(12)3)13-15-6-8(18(13)2)21(22)23;2-1(3)4/h6-7,14H,4-5H2,1-3H3;(H,2,3,4). The second-order valence-electron chi connectivity index (χ2n) is 5.45. The lowest BCUT2D eigenvalue weighted by molar-refractivity contribution is -0.742. The van der Waals surface area contributed by atoms with Gasteiger partial charge in [0.25, 0.3) is 5.09 Å². The van der Waals surface area contributed by atoms with Crippen molar-refractivity contribution in [1.29, 1.82) is 5.41 Å². The first-order valence-corrected chi connectivity index (χ1v) is 7.65. The van der Waals surface area contributed by atoms with E-state index < -0.39 is 10.0 Å². The van der Waals surface area contributed by atoms with Crippen LogP contribution in [0, 0.1) is 25.6 Å². The highest BCUT2D eigenvalue weighted by atomic mass is 16.9. The van der Waals surface area contributed by atoms with Gasteiger partial charge in [0.2, 0.25) is 5.82 Å². The molecule has 0 spiro atoms. The zero-order valence-electron chi connectivity index (χ0n) is 14.7. The van der Waals surface area contributed by atoms with E-state index in [-0.39, 0.29) is 11.3 Å². The molecule has 0 aromatic carbocycles. The molecule has 0 saturated heterocycles. The smallest absolute Gasteiger partial charge is 0.342 e. The lowest BCUT2D eigenvalue weighted by Crippen LogP contribution is -2.21. The molecule has 14 nitrogen and oxygen atoms in total. The van der Waals surface area contributed by atoms with Gasteiger partial charge in [-0.1, -0.05) is 6.92 Å². The highest BCUT2D eigenvalue weighted by Crippen LogP contribution is 2.25. The van der Waals surface area contributed by atoms with Gasteiger partial charge in [0.05, 0.1) is 18.8 Å². The van der Waals surface area contributed by atoms with Gasteiger partial charge in [-0.3, -0.25) is 5.41 Å². The average Bonchev–Trinajstić information content (AvgIpc) is 3.10. The first-order chi connectivity index (χ1) is 12.7. The largest absolute Gasteiger partial charge is 0.358 e. The third-order valence-corrected chi connectivity index (χ3v) is 3.69. The average molecular weight is 379 g/mol. The molecule has 0 aliphatic heterocycles. The number of fused-ring (bicyclic) bond motifs is 1. The number of rotatable bonds is 4. The van der Waals surface area contributed by atoms with Crippen molar-refractivity contribution in [3.05, 3.63) is 38.2 Å². The van der Waals surface area contributed by atoms with Crippen LogP contribution in [0.3, 0.4) is 0 Å². The fraction of sp³-hybridized carbons (Fsp3) is 0.385. The molecule has 0 aliphatic rings. The molecule has 144 valence electrons. The van der Waals surface area contributed by atoms with Crippen LogP contribution in [0.25, 0.3) is 22.6 Å². The van der Waals surface area contributed by atoms with Crippen molar-refractivity contribution in [3.63, 3.8) is 0 Å². The van der Waals surface area contributed by atoms with Crippen molar-refractivity contribution < 1.29 is 15.2 Å². The Hall–Kier alpha value is -3.84. The van der Waals surface area contributed by atoms with Gasteiger partial charge >= 0.3 is 5.82 Å². The minimum atomic E-state index is -1.50. The molecule has 0 aliphatic carbocycles. The molecular weight excluding hydrogens is 362 g/mol. The third-order valence-electron chi connectivity index (χ3n) is 3.69. The van der Waals surface area contributed by atoms with E-state index in [4.69, 9.17) is 20.7 Å². The summed E-state index contributed by atoms with van der Waals surface area (Å²) in [6.45, 7) is 2.68. The van der Waals surface area contributed by atoms with E-state index in [1.165, 1.54) is 10.8 Å². The Kier molecular flexibility index (Phi) is 5.48. The number of hydrogen-bond acceptors (Lipinski definition) is 8. The van der Waals surface area contributed by atoms with Crippen LogP contribution in [-0.2, 0) is 20.6 Å². The van der Waals surface area contributed by atoms with Crippen molar-refractivity contribution in [2.45, 2.75) is 19.9 Å². The summed E-state index contributed by atoms with van der Waals surface area (Å²) in [5, 5.41) is 38.0. The van der Waals surface area contributed by atoms with E-state index in [9.17, 15) is 10.1 Å². The van der Waals surface area contributed by atoms with Gasteiger partial charge in [-0.05, 0) is 11.3 Å². The van der Waals surface area contributed by atoms with Gasteiger partial charge in [-0.2, -0.15) is 5.10 Å². The molecule has 3 rings (SSSR count). The van der Waals surface area contributed by atoms with Crippen LogP contribution in [0.1, 0.15) is 13.3 Å². The summed E-state index contributed by atoms with van der Waals surface area (Å²) in [5.41, 5.74) is 1.23. The fourth-order valence-corrected chi connectivity index (χ4v) is 2.56. The number of nitro groups is 1. The SMILES string of the molecule is CCCn1cnc2c(c(-c3ncc([N+](=O)[O-])n3C)nn2C)c1=N.O=[N+]([O-])O. The Labute approximate surface area is 151 Å². The summed E-state index contributed by atoms with van der Waals surface area (Å²) in [6.07, 6.45) is 3.67. The quantitative estimate of drug-likeness (QED) is 0.488. The van der Waals surface area contributed by atoms with E-state index >= 15 is 0 Å². The number of nitrogens with zero attached hydrogens (tertiary/aromatic N) is 8.